The van der Waals surface area contributed by atoms with Gasteiger partial charge in [-0.2, -0.15) is 0 Å². The lowest BCUT2D eigenvalue weighted by molar-refractivity contribution is -0.133. The van der Waals surface area contributed by atoms with Crippen LogP contribution in [0.2, 0.25) is 0 Å². The smallest absolute Gasteiger partial charge is 0.323 e. The van der Waals surface area contributed by atoms with Crippen molar-refractivity contribution in [2.75, 3.05) is 0 Å². The second-order valence-electron chi connectivity index (χ2n) is 5.06. The third kappa shape index (κ3) is 1.78. The molecule has 0 radical (unpaired) electrons. The van der Waals surface area contributed by atoms with Gasteiger partial charge in [0.25, 0.3) is 0 Å². The Hall–Kier alpha value is -2.29. The molecule has 0 fully saturated rings. The SMILES string of the molecule is CCc1cccc(C2C(=O)Oc3c(C)cccc32)c1O. The predicted molar refractivity (Wildman–Crippen MR) is 76.1 cm³/mol. The topological polar surface area (TPSA) is 46.5 Å². The molecule has 1 heterocycles. The fourth-order valence-electron chi connectivity index (χ4n) is 2.75. The maximum atomic E-state index is 12.2. The Balaban J connectivity index is 2.17. The largest absolute Gasteiger partial charge is 0.507 e. The lowest BCUT2D eigenvalue weighted by Crippen LogP contribution is -2.12. The van der Waals surface area contributed by atoms with Gasteiger partial charge < -0.3 is 9.84 Å². The number of benzene rings is 2. The molecule has 1 N–H and O–H groups in total. The Morgan fingerprint density at radius 1 is 1.15 bits per heavy atom. The minimum Gasteiger partial charge on any atom is -0.507 e. The molecule has 1 aliphatic heterocycles. The lowest BCUT2D eigenvalue weighted by Gasteiger charge is -2.12. The number of aryl methyl sites for hydroxylation is 2. The highest BCUT2D eigenvalue weighted by atomic mass is 16.5. The molecular formula is C17H16O3. The first-order valence-corrected chi connectivity index (χ1v) is 6.75. The van der Waals surface area contributed by atoms with E-state index < -0.39 is 5.92 Å². The Labute approximate surface area is 117 Å². The maximum Gasteiger partial charge on any atom is 0.323 e. The molecule has 0 aromatic heterocycles. The van der Waals surface area contributed by atoms with Gasteiger partial charge in [-0.3, -0.25) is 4.79 Å². The Morgan fingerprint density at radius 2 is 1.85 bits per heavy atom. The molecule has 2 aromatic rings. The number of carbonyl (C=O) groups is 1. The van der Waals surface area contributed by atoms with Crippen molar-refractivity contribution in [3.05, 3.63) is 58.7 Å². The van der Waals surface area contributed by atoms with Gasteiger partial charge in [-0.15, -0.1) is 0 Å². The van der Waals surface area contributed by atoms with E-state index in [9.17, 15) is 9.90 Å². The van der Waals surface area contributed by atoms with Gasteiger partial charge in [0, 0.05) is 11.1 Å². The summed E-state index contributed by atoms with van der Waals surface area (Å²) in [6.07, 6.45) is 0.724. The zero-order chi connectivity index (χ0) is 14.3. The van der Waals surface area contributed by atoms with Gasteiger partial charge in [-0.05, 0) is 24.5 Å². The number of phenols is 1. The molecule has 2 aromatic carbocycles. The molecule has 1 aliphatic rings. The van der Waals surface area contributed by atoms with E-state index in [0.717, 1.165) is 23.1 Å². The molecular weight excluding hydrogens is 252 g/mol. The van der Waals surface area contributed by atoms with Gasteiger partial charge >= 0.3 is 5.97 Å². The predicted octanol–water partition coefficient (Wildman–Crippen LogP) is 3.31. The van der Waals surface area contributed by atoms with Gasteiger partial charge in [-0.1, -0.05) is 43.3 Å². The average Bonchev–Trinajstić information content (AvgIpc) is 2.77. The summed E-state index contributed by atoms with van der Waals surface area (Å²) in [4.78, 5) is 12.2. The van der Waals surface area contributed by atoms with Crippen LogP contribution in [0.1, 0.15) is 35.1 Å². The Kier molecular flexibility index (Phi) is 2.97. The number of fused-ring (bicyclic) bond motifs is 1. The molecule has 20 heavy (non-hydrogen) atoms. The van der Waals surface area contributed by atoms with E-state index in [1.165, 1.54) is 0 Å². The van der Waals surface area contributed by atoms with Crippen molar-refractivity contribution in [1.82, 2.24) is 0 Å². The van der Waals surface area contributed by atoms with Gasteiger partial charge in [-0.25, -0.2) is 0 Å². The summed E-state index contributed by atoms with van der Waals surface area (Å²) in [6.45, 7) is 3.89. The van der Waals surface area contributed by atoms with Crippen molar-refractivity contribution in [3.8, 4) is 11.5 Å². The molecule has 0 bridgehead atoms. The van der Waals surface area contributed by atoms with E-state index in [0.29, 0.717) is 11.3 Å². The van der Waals surface area contributed by atoms with Crippen molar-refractivity contribution in [2.45, 2.75) is 26.2 Å². The van der Waals surface area contributed by atoms with E-state index in [1.54, 1.807) is 6.07 Å². The molecule has 1 unspecified atom stereocenters. The Morgan fingerprint density at radius 3 is 2.60 bits per heavy atom. The fourth-order valence-corrected chi connectivity index (χ4v) is 2.75. The first-order valence-electron chi connectivity index (χ1n) is 6.75. The molecule has 3 nitrogen and oxygen atoms in total. The van der Waals surface area contributed by atoms with Crippen LogP contribution in [0.5, 0.6) is 11.5 Å². The monoisotopic (exact) mass is 268 g/mol. The van der Waals surface area contributed by atoms with Crippen LogP contribution in [0.3, 0.4) is 0 Å². The van der Waals surface area contributed by atoms with Crippen molar-refractivity contribution in [2.24, 2.45) is 0 Å². The number of ether oxygens (including phenoxy) is 1. The van der Waals surface area contributed by atoms with Crippen LogP contribution in [0.15, 0.2) is 36.4 Å². The second-order valence-corrected chi connectivity index (χ2v) is 5.06. The summed E-state index contributed by atoms with van der Waals surface area (Å²) in [5.74, 6) is -0.0237. The fraction of sp³-hybridized carbons (Fsp3) is 0.235. The normalized spacial score (nSPS) is 16.9. The van der Waals surface area contributed by atoms with Gasteiger partial charge in [0.15, 0.2) is 0 Å². The number of phenolic OH excluding ortho intramolecular Hbond substituents is 1. The minimum absolute atomic E-state index is 0.200. The van der Waals surface area contributed by atoms with Crippen LogP contribution < -0.4 is 4.74 Å². The lowest BCUT2D eigenvalue weighted by atomic mass is 9.89. The number of aromatic hydroxyl groups is 1. The zero-order valence-electron chi connectivity index (χ0n) is 11.5. The zero-order valence-corrected chi connectivity index (χ0v) is 11.5. The van der Waals surface area contributed by atoms with Crippen molar-refractivity contribution in [3.63, 3.8) is 0 Å². The number of esters is 1. The molecule has 0 amide bonds. The van der Waals surface area contributed by atoms with Gasteiger partial charge in [0.1, 0.15) is 17.4 Å². The van der Waals surface area contributed by atoms with Crippen LogP contribution in [0, 0.1) is 6.92 Å². The number of hydrogen-bond donors (Lipinski definition) is 1. The molecule has 0 saturated carbocycles. The van der Waals surface area contributed by atoms with E-state index in [-0.39, 0.29) is 11.7 Å². The van der Waals surface area contributed by atoms with Gasteiger partial charge in [0.05, 0.1) is 0 Å². The van der Waals surface area contributed by atoms with Crippen LogP contribution in [0.25, 0.3) is 0 Å². The van der Waals surface area contributed by atoms with Crippen LogP contribution in [-0.2, 0) is 11.2 Å². The highest BCUT2D eigenvalue weighted by Gasteiger charge is 2.37. The summed E-state index contributed by atoms with van der Waals surface area (Å²) in [6, 6.07) is 11.2. The first kappa shape index (κ1) is 12.7. The standard InChI is InChI=1S/C17H16O3/c1-3-11-7-5-8-12(15(11)18)14-13-9-4-6-10(2)16(13)20-17(14)19/h4-9,14,18H,3H2,1-2H3. The number of rotatable bonds is 2. The molecule has 3 heteroatoms. The van der Waals surface area contributed by atoms with Gasteiger partial charge in [0.2, 0.25) is 0 Å². The quantitative estimate of drug-likeness (QED) is 0.671. The van der Waals surface area contributed by atoms with E-state index in [2.05, 4.69) is 0 Å². The molecule has 0 spiro atoms. The molecule has 3 rings (SSSR count). The van der Waals surface area contributed by atoms with Crippen LogP contribution >= 0.6 is 0 Å². The highest BCUT2D eigenvalue weighted by Crippen LogP contribution is 2.44. The van der Waals surface area contributed by atoms with E-state index >= 15 is 0 Å². The highest BCUT2D eigenvalue weighted by molar-refractivity contribution is 5.90. The number of hydrogen-bond acceptors (Lipinski definition) is 3. The maximum absolute atomic E-state index is 12.2. The van der Waals surface area contributed by atoms with Crippen molar-refractivity contribution >= 4 is 5.97 Å². The molecule has 102 valence electrons. The summed E-state index contributed by atoms with van der Waals surface area (Å²) < 4.78 is 5.38. The van der Waals surface area contributed by atoms with Crippen LogP contribution in [0.4, 0.5) is 0 Å². The van der Waals surface area contributed by atoms with Crippen molar-refractivity contribution < 1.29 is 14.6 Å². The average molecular weight is 268 g/mol. The van der Waals surface area contributed by atoms with Crippen molar-refractivity contribution in [1.29, 1.82) is 0 Å². The molecule has 1 atom stereocenters. The number of carbonyl (C=O) groups excluding carboxylic acids is 1. The second kappa shape index (κ2) is 4.67. The Bertz CT molecular complexity index is 689. The third-order valence-electron chi connectivity index (χ3n) is 3.83. The van der Waals surface area contributed by atoms with E-state index in [4.69, 9.17) is 4.74 Å². The van der Waals surface area contributed by atoms with E-state index in [1.807, 2.05) is 44.2 Å². The third-order valence-corrected chi connectivity index (χ3v) is 3.83. The summed E-state index contributed by atoms with van der Waals surface area (Å²) in [5, 5.41) is 10.4. The summed E-state index contributed by atoms with van der Waals surface area (Å²) >= 11 is 0. The molecule has 0 saturated heterocycles. The minimum atomic E-state index is -0.531. The first-order chi connectivity index (χ1) is 9.63. The summed E-state index contributed by atoms with van der Waals surface area (Å²) in [5.41, 5.74) is 3.23. The van der Waals surface area contributed by atoms with Crippen LogP contribution in [-0.4, -0.2) is 11.1 Å². The number of para-hydroxylation sites is 2. The molecule has 0 aliphatic carbocycles. The summed E-state index contributed by atoms with van der Waals surface area (Å²) in [7, 11) is 0.